The van der Waals surface area contributed by atoms with Crippen LogP contribution in [0.2, 0.25) is 0 Å². The van der Waals surface area contributed by atoms with E-state index in [9.17, 15) is 19.2 Å². The van der Waals surface area contributed by atoms with Crippen LogP contribution in [0.4, 0.5) is 5.69 Å². The predicted octanol–water partition coefficient (Wildman–Crippen LogP) is 3.76. The highest BCUT2D eigenvalue weighted by atomic mass is 16.7. The van der Waals surface area contributed by atoms with Crippen LogP contribution in [0.1, 0.15) is 67.6 Å². The van der Waals surface area contributed by atoms with E-state index in [0.717, 1.165) is 18.4 Å². The average Bonchev–Trinajstić information content (AvgIpc) is 3.70. The summed E-state index contributed by atoms with van der Waals surface area (Å²) in [5, 5.41) is 2.90. The van der Waals surface area contributed by atoms with Gasteiger partial charge in [-0.25, -0.2) is 4.79 Å². The number of carbonyl (C=O) groups excluding carboxylic acids is 4. The van der Waals surface area contributed by atoms with Crippen LogP contribution >= 0.6 is 0 Å². The monoisotopic (exact) mass is 523 g/mol. The highest BCUT2D eigenvalue weighted by molar-refractivity contribution is 6.07. The van der Waals surface area contributed by atoms with Crippen molar-refractivity contribution in [3.05, 3.63) is 53.1 Å². The fraction of sp³-hybridized carbons (Fsp3) is 0.429. The van der Waals surface area contributed by atoms with Gasteiger partial charge >= 0.3 is 5.97 Å². The van der Waals surface area contributed by atoms with Gasteiger partial charge in [0.15, 0.2) is 11.5 Å². The molecule has 1 saturated carbocycles. The number of anilines is 1. The first-order valence-electron chi connectivity index (χ1n) is 12.8. The fourth-order valence-electron chi connectivity index (χ4n) is 4.34. The molecule has 0 saturated heterocycles. The first-order chi connectivity index (χ1) is 18.2. The second kappa shape index (κ2) is 11.5. The van der Waals surface area contributed by atoms with E-state index in [1.165, 1.54) is 7.11 Å². The normalized spacial score (nSPS) is 15.1. The van der Waals surface area contributed by atoms with Gasteiger partial charge < -0.3 is 24.5 Å². The maximum absolute atomic E-state index is 13.8. The summed E-state index contributed by atoms with van der Waals surface area (Å²) in [7, 11) is 1.53. The lowest BCUT2D eigenvalue weighted by molar-refractivity contribution is -0.161. The molecule has 3 amide bonds. The molecule has 1 unspecified atom stereocenters. The third-order valence-electron chi connectivity index (χ3n) is 6.54. The van der Waals surface area contributed by atoms with Gasteiger partial charge in [-0.1, -0.05) is 32.0 Å². The van der Waals surface area contributed by atoms with E-state index >= 15 is 0 Å². The number of rotatable bonds is 10. The summed E-state index contributed by atoms with van der Waals surface area (Å²) in [6, 6.07) is 9.86. The molecule has 1 aliphatic heterocycles. The molecule has 2 aromatic rings. The zero-order valence-electron chi connectivity index (χ0n) is 22.0. The molecule has 1 aliphatic carbocycles. The fourth-order valence-corrected chi connectivity index (χ4v) is 4.34. The van der Waals surface area contributed by atoms with E-state index in [1.807, 2.05) is 13.0 Å². The van der Waals surface area contributed by atoms with Gasteiger partial charge in [0.2, 0.25) is 5.91 Å². The van der Waals surface area contributed by atoms with Crippen molar-refractivity contribution in [2.24, 2.45) is 11.8 Å². The molecule has 10 heteroatoms. The van der Waals surface area contributed by atoms with Crippen LogP contribution in [0, 0.1) is 11.8 Å². The van der Waals surface area contributed by atoms with Crippen molar-refractivity contribution in [2.75, 3.05) is 19.0 Å². The molecule has 4 rings (SSSR count). The van der Waals surface area contributed by atoms with Gasteiger partial charge in [-0.3, -0.25) is 14.4 Å². The van der Waals surface area contributed by atoms with Crippen molar-refractivity contribution in [2.45, 2.75) is 52.6 Å². The van der Waals surface area contributed by atoms with Gasteiger partial charge in [0.05, 0.1) is 43.3 Å². The Labute approximate surface area is 221 Å². The molecule has 10 nitrogen and oxygen atoms in total. The summed E-state index contributed by atoms with van der Waals surface area (Å²) in [6.45, 7) is 5.79. The van der Waals surface area contributed by atoms with Crippen LogP contribution in [0.5, 0.6) is 11.5 Å². The first kappa shape index (κ1) is 27.0. The third-order valence-corrected chi connectivity index (χ3v) is 6.54. The van der Waals surface area contributed by atoms with Crippen molar-refractivity contribution < 1.29 is 33.5 Å². The SMILES string of the molecule is CCOc1cc(C(CC(=O)NOC(=O)C(C)C)N2Cc3cccc(NC(=O)C4CC4)c3C2=O)ccc1OC. The van der Waals surface area contributed by atoms with E-state index in [2.05, 4.69) is 10.8 Å². The maximum Gasteiger partial charge on any atom is 0.334 e. The molecule has 1 atom stereocenters. The molecule has 38 heavy (non-hydrogen) atoms. The van der Waals surface area contributed by atoms with E-state index in [0.29, 0.717) is 34.9 Å². The van der Waals surface area contributed by atoms with Crippen molar-refractivity contribution in [1.82, 2.24) is 10.4 Å². The summed E-state index contributed by atoms with van der Waals surface area (Å²) in [5.41, 5.74) is 4.47. The molecule has 0 bridgehead atoms. The topological polar surface area (TPSA) is 123 Å². The molecule has 0 radical (unpaired) electrons. The van der Waals surface area contributed by atoms with Crippen molar-refractivity contribution in [3.8, 4) is 11.5 Å². The Hall–Kier alpha value is -4.08. The Morgan fingerprint density at radius 2 is 1.87 bits per heavy atom. The number of nitrogens with one attached hydrogen (secondary N) is 2. The van der Waals surface area contributed by atoms with Crippen LogP contribution in [-0.4, -0.2) is 42.3 Å². The Bertz CT molecular complexity index is 1240. The minimum Gasteiger partial charge on any atom is -0.493 e. The number of ether oxygens (including phenoxy) is 2. The molecule has 1 heterocycles. The zero-order chi connectivity index (χ0) is 27.4. The van der Waals surface area contributed by atoms with Crippen LogP contribution < -0.4 is 20.3 Å². The van der Waals surface area contributed by atoms with E-state index < -0.39 is 23.8 Å². The summed E-state index contributed by atoms with van der Waals surface area (Å²) in [5.74, 6) is -0.972. The first-order valence-corrected chi connectivity index (χ1v) is 12.8. The van der Waals surface area contributed by atoms with Gasteiger partial charge in [0.1, 0.15) is 0 Å². The quantitative estimate of drug-likeness (QED) is 0.455. The largest absolute Gasteiger partial charge is 0.493 e. The number of fused-ring (bicyclic) bond motifs is 1. The number of amides is 3. The van der Waals surface area contributed by atoms with Crippen LogP contribution in [-0.2, 0) is 25.8 Å². The molecule has 1 fully saturated rings. The lowest BCUT2D eigenvalue weighted by Crippen LogP contribution is -2.35. The standard InChI is InChI=1S/C28H33N3O7/c1-5-37-23-13-18(11-12-22(23)36-4)21(14-24(32)30-38-28(35)16(2)3)31-15-19-7-6-8-20(25(19)27(31)34)29-26(33)17-9-10-17/h6-8,11-13,16-17,21H,5,9-10,14-15H2,1-4H3,(H,29,33)(H,30,32). The smallest absolute Gasteiger partial charge is 0.334 e. The van der Waals surface area contributed by atoms with Crippen molar-refractivity contribution in [1.29, 1.82) is 0 Å². The van der Waals surface area contributed by atoms with E-state index in [4.69, 9.17) is 14.3 Å². The second-order valence-corrected chi connectivity index (χ2v) is 9.70. The Morgan fingerprint density at radius 3 is 2.53 bits per heavy atom. The molecule has 2 aliphatic rings. The van der Waals surface area contributed by atoms with E-state index in [1.54, 1.807) is 49.1 Å². The second-order valence-electron chi connectivity index (χ2n) is 9.70. The van der Waals surface area contributed by atoms with Gasteiger partial charge in [-0.15, -0.1) is 0 Å². The average molecular weight is 524 g/mol. The lowest BCUT2D eigenvalue weighted by atomic mass is 10.0. The highest BCUT2D eigenvalue weighted by Gasteiger charge is 2.38. The molecule has 0 aromatic heterocycles. The van der Waals surface area contributed by atoms with Crippen LogP contribution in [0.25, 0.3) is 0 Å². The number of carbonyl (C=O) groups is 4. The summed E-state index contributed by atoms with van der Waals surface area (Å²) in [6.07, 6.45) is 1.52. The minimum absolute atomic E-state index is 0.0141. The van der Waals surface area contributed by atoms with E-state index in [-0.39, 0.29) is 30.7 Å². The number of hydrogen-bond acceptors (Lipinski definition) is 7. The Kier molecular flexibility index (Phi) is 8.19. The number of methoxy groups -OCH3 is 1. The van der Waals surface area contributed by atoms with Gasteiger partial charge in [-0.2, -0.15) is 5.48 Å². The third kappa shape index (κ3) is 5.90. The minimum atomic E-state index is -0.718. The molecule has 0 spiro atoms. The van der Waals surface area contributed by atoms with Crippen molar-refractivity contribution in [3.63, 3.8) is 0 Å². The molecule has 2 N–H and O–H groups in total. The maximum atomic E-state index is 13.8. The summed E-state index contributed by atoms with van der Waals surface area (Å²) in [4.78, 5) is 57.4. The lowest BCUT2D eigenvalue weighted by Gasteiger charge is -2.28. The van der Waals surface area contributed by atoms with Gasteiger partial charge in [0, 0.05) is 12.5 Å². The Balaban J connectivity index is 1.64. The zero-order valence-corrected chi connectivity index (χ0v) is 22.0. The van der Waals surface area contributed by atoms with Crippen LogP contribution in [0.3, 0.4) is 0 Å². The molecular weight excluding hydrogens is 490 g/mol. The number of benzene rings is 2. The number of hydroxylamine groups is 1. The van der Waals surface area contributed by atoms with Gasteiger partial charge in [0.25, 0.3) is 11.8 Å². The predicted molar refractivity (Wildman–Crippen MR) is 138 cm³/mol. The molecule has 202 valence electrons. The summed E-state index contributed by atoms with van der Waals surface area (Å²) < 4.78 is 11.1. The number of hydrogen-bond donors (Lipinski definition) is 2. The molecule has 2 aromatic carbocycles. The van der Waals surface area contributed by atoms with Gasteiger partial charge in [-0.05, 0) is 49.1 Å². The highest BCUT2D eigenvalue weighted by Crippen LogP contribution is 2.40. The molecular formula is C28H33N3O7. The van der Waals surface area contributed by atoms with Crippen molar-refractivity contribution >= 4 is 29.4 Å². The summed E-state index contributed by atoms with van der Waals surface area (Å²) >= 11 is 0. The van der Waals surface area contributed by atoms with Crippen LogP contribution in [0.15, 0.2) is 36.4 Å². The Morgan fingerprint density at radius 1 is 1.11 bits per heavy atom. The number of nitrogens with zero attached hydrogens (tertiary/aromatic N) is 1.